The molecule has 4 rings (SSSR count). The van der Waals surface area contributed by atoms with E-state index >= 15 is 0 Å². The number of halogens is 1. The van der Waals surface area contributed by atoms with Crippen LogP contribution in [0, 0.1) is 20.8 Å². The van der Waals surface area contributed by atoms with Gasteiger partial charge in [-0.25, -0.2) is 13.4 Å². The predicted octanol–water partition coefficient (Wildman–Crippen LogP) is 6.67. The molecule has 0 spiro atoms. The molecule has 0 amide bonds. The van der Waals surface area contributed by atoms with Gasteiger partial charge < -0.3 is 9.47 Å². The molecule has 11 heteroatoms. The molecule has 0 aliphatic rings. The summed E-state index contributed by atoms with van der Waals surface area (Å²) in [4.78, 5) is 13.4. The minimum atomic E-state index is -4.12. The van der Waals surface area contributed by atoms with Crippen LogP contribution in [0.15, 0.2) is 76.9 Å². The summed E-state index contributed by atoms with van der Waals surface area (Å²) in [5, 5.41) is 0.319. The van der Waals surface area contributed by atoms with Gasteiger partial charge in [-0.1, -0.05) is 77.5 Å². The van der Waals surface area contributed by atoms with Crippen molar-refractivity contribution in [1.29, 1.82) is 0 Å². The summed E-state index contributed by atoms with van der Waals surface area (Å²) in [6.07, 6.45) is 6.98. The molecule has 2 heterocycles. The second-order valence-electron chi connectivity index (χ2n) is 9.17. The lowest BCUT2D eigenvalue weighted by atomic mass is 10.1. The molecule has 0 fully saturated rings. The van der Waals surface area contributed by atoms with Crippen LogP contribution in [0.4, 0.5) is 5.69 Å². The standard InChI is InChI=1S/C30H31ClN4O4S2/c1-20-13-15-24(16-14-20)41(36,37)35(17-9-12-25-22(3)27(38-4)21(2)18-32-25)26-28(31)33-30(40-5)34-29(26)39-19-23-10-7-6-8-11-23/h6-16,18H,17,19H2,1-5H3/b12-9+. The molecular weight excluding hydrogens is 580 g/mol. The van der Waals surface area contributed by atoms with Gasteiger partial charge >= 0.3 is 0 Å². The monoisotopic (exact) mass is 610 g/mol. The molecule has 8 nitrogen and oxygen atoms in total. The van der Waals surface area contributed by atoms with E-state index in [-0.39, 0.29) is 34.8 Å². The van der Waals surface area contributed by atoms with Gasteiger partial charge in [0.2, 0.25) is 5.88 Å². The maximum atomic E-state index is 14.1. The van der Waals surface area contributed by atoms with Crippen molar-refractivity contribution in [1.82, 2.24) is 15.0 Å². The average Bonchev–Trinajstić information content (AvgIpc) is 2.96. The molecular formula is C30H31ClN4O4S2. The Kier molecular flexibility index (Phi) is 9.90. The first-order chi connectivity index (χ1) is 19.6. The number of methoxy groups -OCH3 is 1. The zero-order valence-electron chi connectivity index (χ0n) is 23.5. The largest absolute Gasteiger partial charge is 0.496 e. The molecule has 2 aromatic carbocycles. The third-order valence-electron chi connectivity index (χ3n) is 6.28. The summed E-state index contributed by atoms with van der Waals surface area (Å²) in [7, 11) is -2.51. The molecule has 0 saturated carbocycles. The number of sulfonamides is 1. The molecule has 2 aromatic heterocycles. The number of nitrogens with zero attached hydrogens (tertiary/aromatic N) is 4. The predicted molar refractivity (Wildman–Crippen MR) is 165 cm³/mol. The second kappa shape index (κ2) is 13.4. The summed E-state index contributed by atoms with van der Waals surface area (Å²) in [5.41, 5.74) is 4.28. The van der Waals surface area contributed by atoms with Crippen LogP contribution in [0.25, 0.3) is 6.08 Å². The Hall–Kier alpha value is -3.60. The maximum Gasteiger partial charge on any atom is 0.264 e. The Morgan fingerprint density at radius 1 is 1.02 bits per heavy atom. The average molecular weight is 611 g/mol. The van der Waals surface area contributed by atoms with Crippen molar-refractivity contribution >= 4 is 45.1 Å². The highest BCUT2D eigenvalue weighted by atomic mass is 35.5. The van der Waals surface area contributed by atoms with Crippen LogP contribution in [0.5, 0.6) is 11.6 Å². The van der Waals surface area contributed by atoms with Gasteiger partial charge in [-0.2, -0.15) is 4.98 Å². The van der Waals surface area contributed by atoms with E-state index in [9.17, 15) is 8.42 Å². The first-order valence-corrected chi connectivity index (χ1v) is 15.7. The lowest BCUT2D eigenvalue weighted by Crippen LogP contribution is -2.32. The van der Waals surface area contributed by atoms with Crippen LogP contribution < -0.4 is 13.8 Å². The highest BCUT2D eigenvalue weighted by molar-refractivity contribution is 7.98. The fourth-order valence-electron chi connectivity index (χ4n) is 4.14. The van der Waals surface area contributed by atoms with Crippen molar-refractivity contribution in [3.8, 4) is 11.6 Å². The van der Waals surface area contributed by atoms with Crippen LogP contribution in [-0.2, 0) is 16.6 Å². The van der Waals surface area contributed by atoms with E-state index in [2.05, 4.69) is 15.0 Å². The van der Waals surface area contributed by atoms with Gasteiger partial charge in [0, 0.05) is 17.3 Å². The van der Waals surface area contributed by atoms with Crippen LogP contribution >= 0.6 is 23.4 Å². The normalized spacial score (nSPS) is 11.6. The van der Waals surface area contributed by atoms with Crippen LogP contribution in [0.2, 0.25) is 5.15 Å². The molecule has 0 atom stereocenters. The lowest BCUT2D eigenvalue weighted by Gasteiger charge is -2.25. The number of thioether (sulfide) groups is 1. The maximum absolute atomic E-state index is 14.1. The highest BCUT2D eigenvalue weighted by Gasteiger charge is 2.31. The van der Waals surface area contributed by atoms with Crippen molar-refractivity contribution in [2.45, 2.75) is 37.4 Å². The summed E-state index contributed by atoms with van der Waals surface area (Å²) in [6, 6.07) is 16.1. The smallest absolute Gasteiger partial charge is 0.264 e. The Bertz CT molecular complexity index is 1650. The van der Waals surface area contributed by atoms with Crippen molar-refractivity contribution < 1.29 is 17.9 Å². The number of ether oxygens (including phenoxy) is 2. The fraction of sp³-hybridized carbons (Fsp3) is 0.233. The van der Waals surface area contributed by atoms with Gasteiger partial charge in [-0.15, -0.1) is 0 Å². The number of benzene rings is 2. The fourth-order valence-corrected chi connectivity index (χ4v) is 6.28. The number of hydrogen-bond donors (Lipinski definition) is 0. The second-order valence-corrected chi connectivity index (χ2v) is 12.2. The highest BCUT2D eigenvalue weighted by Crippen LogP contribution is 2.38. The van der Waals surface area contributed by atoms with Gasteiger partial charge in [-0.3, -0.25) is 9.29 Å². The third-order valence-corrected chi connectivity index (χ3v) is 8.87. The minimum absolute atomic E-state index is 0.0391. The van der Waals surface area contributed by atoms with E-state index in [0.717, 1.165) is 28.0 Å². The van der Waals surface area contributed by atoms with Crippen molar-refractivity contribution in [3.05, 3.63) is 100.0 Å². The first-order valence-electron chi connectivity index (χ1n) is 12.7. The molecule has 41 heavy (non-hydrogen) atoms. The zero-order chi connectivity index (χ0) is 29.6. The number of aromatic nitrogens is 3. The Labute approximate surface area is 250 Å². The minimum Gasteiger partial charge on any atom is -0.496 e. The molecule has 0 aliphatic heterocycles. The number of rotatable bonds is 11. The summed E-state index contributed by atoms with van der Waals surface area (Å²) in [6.45, 7) is 5.79. The van der Waals surface area contributed by atoms with Gasteiger partial charge in [0.15, 0.2) is 16.0 Å². The van der Waals surface area contributed by atoms with Gasteiger partial charge in [-0.05, 0) is 50.8 Å². The topological polar surface area (TPSA) is 94.5 Å². The molecule has 0 N–H and O–H groups in total. The number of anilines is 1. The summed E-state index contributed by atoms with van der Waals surface area (Å²) < 4.78 is 41.0. The molecule has 4 aromatic rings. The van der Waals surface area contributed by atoms with Crippen molar-refractivity contribution in [3.63, 3.8) is 0 Å². The molecule has 214 valence electrons. The first kappa shape index (κ1) is 30.4. The van der Waals surface area contributed by atoms with E-state index in [4.69, 9.17) is 21.1 Å². The zero-order valence-corrected chi connectivity index (χ0v) is 25.8. The van der Waals surface area contributed by atoms with Crippen LogP contribution in [-0.4, -0.2) is 43.3 Å². The van der Waals surface area contributed by atoms with Crippen molar-refractivity contribution in [2.75, 3.05) is 24.2 Å². The van der Waals surface area contributed by atoms with Crippen LogP contribution in [0.3, 0.4) is 0 Å². The molecule has 0 aliphatic carbocycles. The van der Waals surface area contributed by atoms with E-state index in [1.54, 1.807) is 56.0 Å². The van der Waals surface area contributed by atoms with E-state index in [0.29, 0.717) is 10.9 Å². The Balaban J connectivity index is 1.81. The van der Waals surface area contributed by atoms with Gasteiger partial charge in [0.1, 0.15) is 12.4 Å². The van der Waals surface area contributed by atoms with Gasteiger partial charge in [0.25, 0.3) is 10.0 Å². The molecule has 0 radical (unpaired) electrons. The van der Waals surface area contributed by atoms with Gasteiger partial charge in [0.05, 0.1) is 24.2 Å². The van der Waals surface area contributed by atoms with Crippen molar-refractivity contribution in [2.24, 2.45) is 0 Å². The molecule has 0 bridgehead atoms. The molecule has 0 saturated heterocycles. The summed E-state index contributed by atoms with van der Waals surface area (Å²) in [5.74, 6) is 0.790. The summed E-state index contributed by atoms with van der Waals surface area (Å²) >= 11 is 7.96. The molecule has 0 unspecified atom stereocenters. The van der Waals surface area contributed by atoms with E-state index < -0.39 is 10.0 Å². The third kappa shape index (κ3) is 7.01. The van der Waals surface area contributed by atoms with E-state index in [1.165, 1.54) is 16.1 Å². The SMILES string of the molecule is COc1c(C)cnc(/C=C/CN(c2c(Cl)nc(SC)nc2OCc2ccccc2)S(=O)(=O)c2ccc(C)cc2)c1C. The lowest BCUT2D eigenvalue weighted by molar-refractivity contribution is 0.291. The van der Waals surface area contributed by atoms with Crippen LogP contribution in [0.1, 0.15) is 27.9 Å². The number of aryl methyl sites for hydroxylation is 2. The Morgan fingerprint density at radius 3 is 2.39 bits per heavy atom. The quantitative estimate of drug-likeness (QED) is 0.106. The van der Waals surface area contributed by atoms with E-state index in [1.807, 2.05) is 51.1 Å². The Morgan fingerprint density at radius 2 is 1.73 bits per heavy atom. The number of hydrogen-bond acceptors (Lipinski definition) is 8. The number of pyridine rings is 1.